The van der Waals surface area contributed by atoms with Crippen molar-refractivity contribution < 1.29 is 19.1 Å². The van der Waals surface area contributed by atoms with Crippen LogP contribution in [0.25, 0.3) is 0 Å². The zero-order chi connectivity index (χ0) is 25.1. The second-order valence-electron chi connectivity index (χ2n) is 9.54. The van der Waals surface area contributed by atoms with Crippen molar-refractivity contribution in [3.8, 4) is 5.75 Å². The quantitative estimate of drug-likeness (QED) is 0.573. The molecule has 1 atom stereocenters. The van der Waals surface area contributed by atoms with E-state index in [0.717, 1.165) is 22.6 Å². The van der Waals surface area contributed by atoms with Crippen LogP contribution in [0.2, 0.25) is 0 Å². The number of benzene rings is 2. The largest absolute Gasteiger partial charge is 0.497 e. The predicted molar refractivity (Wildman–Crippen MR) is 134 cm³/mol. The molecule has 0 radical (unpaired) electrons. The lowest BCUT2D eigenvalue weighted by Crippen LogP contribution is -2.43. The highest BCUT2D eigenvalue weighted by molar-refractivity contribution is 5.93. The number of fused-ring (bicyclic) bond motifs is 1. The molecule has 36 heavy (non-hydrogen) atoms. The maximum Gasteiger partial charge on any atom is 0.274 e. The average molecular weight is 489 g/mol. The van der Waals surface area contributed by atoms with E-state index < -0.39 is 0 Å². The van der Waals surface area contributed by atoms with Gasteiger partial charge in [-0.2, -0.15) is 0 Å². The summed E-state index contributed by atoms with van der Waals surface area (Å²) in [5, 5.41) is 3.02. The van der Waals surface area contributed by atoms with Crippen LogP contribution in [0.15, 0.2) is 54.9 Å². The summed E-state index contributed by atoms with van der Waals surface area (Å²) in [6.45, 7) is 4.58. The third kappa shape index (κ3) is 5.14. The van der Waals surface area contributed by atoms with E-state index in [1.165, 1.54) is 5.56 Å². The lowest BCUT2D eigenvalue weighted by atomic mass is 9.95. The fourth-order valence-corrected chi connectivity index (χ4v) is 4.90. The van der Waals surface area contributed by atoms with Gasteiger partial charge in [0.05, 0.1) is 32.3 Å². The Kier molecular flexibility index (Phi) is 7.04. The molecule has 0 saturated carbocycles. The number of hydrogen-bond acceptors (Lipinski definition) is 5. The van der Waals surface area contributed by atoms with E-state index in [0.29, 0.717) is 51.3 Å². The Hall–Kier alpha value is -3.65. The van der Waals surface area contributed by atoms with Crippen LogP contribution in [0.4, 0.5) is 0 Å². The first kappa shape index (κ1) is 24.1. The number of aryl methyl sites for hydroxylation is 1. The highest BCUT2D eigenvalue weighted by Crippen LogP contribution is 2.29. The van der Waals surface area contributed by atoms with Crippen LogP contribution < -0.4 is 10.1 Å². The SMILES string of the molecule is COc1cccc(CNC(=O)C2CCN(C(=O)c3ncn4c3COC(c3ccc(C)cc3)C4)CC2)c1. The van der Waals surface area contributed by atoms with Gasteiger partial charge in [0.15, 0.2) is 5.69 Å². The average Bonchev–Trinajstić information content (AvgIpc) is 3.35. The topological polar surface area (TPSA) is 85.7 Å². The number of rotatable bonds is 6. The van der Waals surface area contributed by atoms with Crippen molar-refractivity contribution in [3.05, 3.63) is 82.9 Å². The van der Waals surface area contributed by atoms with Gasteiger partial charge in [0.1, 0.15) is 11.9 Å². The first-order valence-electron chi connectivity index (χ1n) is 12.4. The molecule has 0 bridgehead atoms. The third-order valence-corrected chi connectivity index (χ3v) is 7.14. The van der Waals surface area contributed by atoms with Crippen LogP contribution in [0.5, 0.6) is 5.75 Å². The number of hydrogen-bond donors (Lipinski definition) is 1. The van der Waals surface area contributed by atoms with Crippen LogP contribution >= 0.6 is 0 Å². The summed E-state index contributed by atoms with van der Waals surface area (Å²) in [5.74, 6) is 0.608. The number of methoxy groups -OCH3 is 1. The Morgan fingerprint density at radius 1 is 1.14 bits per heavy atom. The molecule has 2 aromatic carbocycles. The number of carbonyl (C=O) groups excluding carboxylic acids is 2. The number of aromatic nitrogens is 2. The summed E-state index contributed by atoms with van der Waals surface area (Å²) in [6.07, 6.45) is 2.96. The molecule has 8 heteroatoms. The molecule has 1 N–H and O–H groups in total. The van der Waals surface area contributed by atoms with Gasteiger partial charge in [-0.25, -0.2) is 4.98 Å². The van der Waals surface area contributed by atoms with E-state index in [1.54, 1.807) is 18.3 Å². The molecule has 188 valence electrons. The van der Waals surface area contributed by atoms with Crippen molar-refractivity contribution in [2.45, 2.75) is 45.6 Å². The van der Waals surface area contributed by atoms with Crippen molar-refractivity contribution in [2.24, 2.45) is 5.92 Å². The van der Waals surface area contributed by atoms with Gasteiger partial charge in [-0.05, 0) is 43.0 Å². The summed E-state index contributed by atoms with van der Waals surface area (Å²) >= 11 is 0. The molecule has 1 fully saturated rings. The van der Waals surface area contributed by atoms with Crippen molar-refractivity contribution in [2.75, 3.05) is 20.2 Å². The van der Waals surface area contributed by atoms with E-state index in [-0.39, 0.29) is 23.8 Å². The minimum atomic E-state index is -0.103. The van der Waals surface area contributed by atoms with E-state index in [1.807, 2.05) is 28.8 Å². The zero-order valence-electron chi connectivity index (χ0n) is 20.8. The van der Waals surface area contributed by atoms with Crippen LogP contribution in [-0.2, 0) is 29.2 Å². The molecule has 5 rings (SSSR count). The second kappa shape index (κ2) is 10.5. The van der Waals surface area contributed by atoms with Gasteiger partial charge in [0.25, 0.3) is 5.91 Å². The molecule has 1 unspecified atom stereocenters. The molecule has 1 aromatic heterocycles. The number of piperidine rings is 1. The number of carbonyl (C=O) groups is 2. The number of nitrogens with zero attached hydrogens (tertiary/aromatic N) is 3. The van der Waals surface area contributed by atoms with Gasteiger partial charge in [-0.3, -0.25) is 9.59 Å². The van der Waals surface area contributed by atoms with Crippen molar-refractivity contribution in [1.82, 2.24) is 19.8 Å². The summed E-state index contributed by atoms with van der Waals surface area (Å²) in [7, 11) is 1.63. The monoisotopic (exact) mass is 488 g/mol. The normalized spacial score (nSPS) is 17.9. The highest BCUT2D eigenvalue weighted by Gasteiger charge is 2.32. The number of ether oxygens (including phenoxy) is 2. The Balaban J connectivity index is 1.14. The fraction of sp³-hybridized carbons (Fsp3) is 0.393. The summed E-state index contributed by atoms with van der Waals surface area (Å²) in [4.78, 5) is 32.2. The van der Waals surface area contributed by atoms with Crippen LogP contribution in [0.3, 0.4) is 0 Å². The molecule has 2 amide bonds. The summed E-state index contributed by atoms with van der Waals surface area (Å²) in [6, 6.07) is 16.0. The molecule has 0 spiro atoms. The Bertz CT molecular complexity index is 1230. The molecule has 8 nitrogen and oxygen atoms in total. The second-order valence-corrected chi connectivity index (χ2v) is 9.54. The number of amides is 2. The number of imidazole rings is 1. The van der Waals surface area contributed by atoms with Gasteiger partial charge in [0.2, 0.25) is 5.91 Å². The summed E-state index contributed by atoms with van der Waals surface area (Å²) < 4.78 is 13.4. The van der Waals surface area contributed by atoms with E-state index in [2.05, 4.69) is 41.5 Å². The maximum atomic E-state index is 13.3. The molecule has 2 aliphatic rings. The van der Waals surface area contributed by atoms with Gasteiger partial charge in [-0.15, -0.1) is 0 Å². The number of nitrogens with one attached hydrogen (secondary N) is 1. The fourth-order valence-electron chi connectivity index (χ4n) is 4.90. The van der Waals surface area contributed by atoms with Crippen molar-refractivity contribution >= 4 is 11.8 Å². The molecular weight excluding hydrogens is 456 g/mol. The van der Waals surface area contributed by atoms with Crippen LogP contribution in [0, 0.1) is 12.8 Å². The van der Waals surface area contributed by atoms with Gasteiger partial charge < -0.3 is 24.3 Å². The lowest BCUT2D eigenvalue weighted by Gasteiger charge is -2.31. The molecule has 1 saturated heterocycles. The Labute approximate surface area is 211 Å². The smallest absolute Gasteiger partial charge is 0.274 e. The maximum absolute atomic E-state index is 13.3. The van der Waals surface area contributed by atoms with Crippen molar-refractivity contribution in [3.63, 3.8) is 0 Å². The number of likely N-dealkylation sites (tertiary alicyclic amines) is 1. The first-order valence-corrected chi connectivity index (χ1v) is 12.4. The third-order valence-electron chi connectivity index (χ3n) is 7.14. The molecule has 3 heterocycles. The Morgan fingerprint density at radius 2 is 1.92 bits per heavy atom. The predicted octanol–water partition coefficient (Wildman–Crippen LogP) is 3.64. The van der Waals surface area contributed by atoms with Gasteiger partial charge >= 0.3 is 0 Å². The van der Waals surface area contributed by atoms with Crippen LogP contribution in [0.1, 0.15) is 51.8 Å². The summed E-state index contributed by atoms with van der Waals surface area (Å²) in [5.41, 5.74) is 4.61. The van der Waals surface area contributed by atoms with Crippen LogP contribution in [-0.4, -0.2) is 46.5 Å². The van der Waals surface area contributed by atoms with E-state index >= 15 is 0 Å². The zero-order valence-corrected chi connectivity index (χ0v) is 20.8. The minimum Gasteiger partial charge on any atom is -0.497 e. The molecule has 2 aliphatic heterocycles. The molecule has 3 aromatic rings. The first-order chi connectivity index (χ1) is 17.5. The van der Waals surface area contributed by atoms with E-state index in [9.17, 15) is 9.59 Å². The molecule has 0 aliphatic carbocycles. The lowest BCUT2D eigenvalue weighted by molar-refractivity contribution is -0.126. The molecular formula is C28H32N4O4. The Morgan fingerprint density at radius 3 is 2.67 bits per heavy atom. The van der Waals surface area contributed by atoms with Gasteiger partial charge in [0, 0.05) is 25.6 Å². The van der Waals surface area contributed by atoms with Gasteiger partial charge in [-0.1, -0.05) is 42.0 Å². The highest BCUT2D eigenvalue weighted by atomic mass is 16.5. The standard InChI is InChI=1S/C28H32N4O4/c1-19-6-8-21(9-7-19)25-16-32-18-30-26(24(32)17-36-25)28(34)31-12-10-22(11-13-31)27(33)29-15-20-4-3-5-23(14-20)35-2/h3-9,14,18,22,25H,10-13,15-17H2,1-2H3,(H,29,33). The van der Waals surface area contributed by atoms with Crippen molar-refractivity contribution in [1.29, 1.82) is 0 Å². The van der Waals surface area contributed by atoms with E-state index in [4.69, 9.17) is 9.47 Å². The minimum absolute atomic E-state index is 0.0276.